The zero-order valence-corrected chi connectivity index (χ0v) is 16.1. The summed E-state index contributed by atoms with van der Waals surface area (Å²) in [6, 6.07) is 0. The van der Waals surface area contributed by atoms with Gasteiger partial charge in [0.2, 0.25) is 0 Å². The second-order valence-electron chi connectivity index (χ2n) is 7.24. The van der Waals surface area contributed by atoms with Crippen LogP contribution in [0.1, 0.15) is 25.7 Å². The van der Waals surface area contributed by atoms with Crippen LogP contribution >= 0.6 is 63.7 Å². The predicted molar refractivity (Wildman–Crippen MR) is 87.6 cm³/mol. The molecule has 4 saturated carbocycles. The van der Waals surface area contributed by atoms with Gasteiger partial charge in [-0.15, -0.1) is 0 Å². The molecule has 0 aromatic heterocycles. The molecule has 5 rings (SSSR count). The van der Waals surface area contributed by atoms with Crippen molar-refractivity contribution >= 4 is 63.7 Å². The minimum absolute atomic E-state index is 0.271. The van der Waals surface area contributed by atoms with Gasteiger partial charge in [0, 0.05) is 0 Å². The second kappa shape index (κ2) is 3.05. The maximum absolute atomic E-state index is 3.91. The van der Waals surface area contributed by atoms with Crippen molar-refractivity contribution in [3.8, 4) is 0 Å². The highest BCUT2D eigenvalue weighted by atomic mass is 79.9. The zero-order chi connectivity index (χ0) is 12.6. The molecule has 18 heavy (non-hydrogen) atoms. The van der Waals surface area contributed by atoms with E-state index in [-0.39, 0.29) is 6.47 Å². The lowest BCUT2D eigenvalue weighted by Gasteiger charge is -2.59. The van der Waals surface area contributed by atoms with Crippen molar-refractivity contribution in [3.63, 3.8) is 0 Å². The van der Waals surface area contributed by atoms with Crippen molar-refractivity contribution < 1.29 is 0 Å². The molecular formula is C14H14Br4. The van der Waals surface area contributed by atoms with Crippen molar-refractivity contribution in [2.45, 2.75) is 32.2 Å². The van der Waals surface area contributed by atoms with E-state index in [4.69, 9.17) is 0 Å². The summed E-state index contributed by atoms with van der Waals surface area (Å²) in [6.45, 7) is 0. The van der Waals surface area contributed by atoms with E-state index in [1.54, 1.807) is 0 Å². The molecule has 0 nitrogen and oxygen atoms in total. The van der Waals surface area contributed by atoms with Gasteiger partial charge >= 0.3 is 0 Å². The summed E-state index contributed by atoms with van der Waals surface area (Å²) in [7, 11) is 0. The SMILES string of the molecule is BrC1(Br)[C@@H]2CC34C=CC3(C[C@@H]21)C[C@H]1[C@H](C4)C1(Br)Br. The summed E-state index contributed by atoms with van der Waals surface area (Å²) in [5.41, 5.74) is 1.06. The number of hydrogen-bond donors (Lipinski definition) is 0. The van der Waals surface area contributed by atoms with E-state index in [1.807, 2.05) is 0 Å². The molecule has 2 unspecified atom stereocenters. The molecule has 4 fully saturated rings. The van der Waals surface area contributed by atoms with Crippen molar-refractivity contribution in [1.82, 2.24) is 0 Å². The van der Waals surface area contributed by atoms with E-state index in [0.29, 0.717) is 10.8 Å². The van der Waals surface area contributed by atoms with Gasteiger partial charge in [0.15, 0.2) is 0 Å². The lowest BCUT2D eigenvalue weighted by molar-refractivity contribution is -0.0139. The van der Waals surface area contributed by atoms with E-state index in [1.165, 1.54) is 25.7 Å². The molecule has 0 N–H and O–H groups in total. The Labute approximate surface area is 141 Å². The summed E-state index contributed by atoms with van der Waals surface area (Å²) < 4.78 is 0.543. The van der Waals surface area contributed by atoms with Crippen LogP contribution in [0.2, 0.25) is 0 Å². The molecule has 5 aliphatic carbocycles. The molecule has 0 aliphatic heterocycles. The van der Waals surface area contributed by atoms with Crippen molar-refractivity contribution in [1.29, 1.82) is 0 Å². The Kier molecular flexibility index (Phi) is 2.07. The Morgan fingerprint density at radius 2 is 0.889 bits per heavy atom. The number of allylic oxidation sites excluding steroid dienone is 2. The van der Waals surface area contributed by atoms with E-state index in [0.717, 1.165) is 23.7 Å². The Balaban J connectivity index is 1.55. The standard InChI is InChI=1S/C14H14Br4/c15-13(16)7-3-11-1-2-12(11,5-9(7)13)6-10-8(4-11)14(10,17)18/h1-2,7-10H,3-6H2/t7-,8-,9-,10+,11?,12?/m0/s1. The van der Waals surface area contributed by atoms with Gasteiger partial charge in [-0.25, -0.2) is 0 Å². The molecule has 0 spiro atoms. The summed E-state index contributed by atoms with van der Waals surface area (Å²) in [5, 5.41) is 0. The first kappa shape index (κ1) is 12.2. The third kappa shape index (κ3) is 1.14. The van der Waals surface area contributed by atoms with Crippen LogP contribution in [-0.4, -0.2) is 6.47 Å². The minimum Gasteiger partial charge on any atom is -0.0808 e. The normalized spacial score (nSPS) is 63.8. The van der Waals surface area contributed by atoms with Crippen molar-refractivity contribution in [2.24, 2.45) is 34.5 Å². The first-order valence-corrected chi connectivity index (χ1v) is 9.96. The Morgan fingerprint density at radius 1 is 0.611 bits per heavy atom. The van der Waals surface area contributed by atoms with Crippen LogP contribution in [0.4, 0.5) is 0 Å². The monoisotopic (exact) mass is 498 g/mol. The van der Waals surface area contributed by atoms with Crippen LogP contribution in [-0.2, 0) is 0 Å². The van der Waals surface area contributed by atoms with Crippen LogP contribution in [0.3, 0.4) is 0 Å². The Bertz CT molecular complexity index is 420. The van der Waals surface area contributed by atoms with E-state index in [9.17, 15) is 0 Å². The van der Waals surface area contributed by atoms with Gasteiger partial charge in [0.05, 0.1) is 6.47 Å². The number of rotatable bonds is 0. The molecule has 0 radical (unpaired) electrons. The van der Waals surface area contributed by atoms with Gasteiger partial charge < -0.3 is 0 Å². The molecule has 0 heterocycles. The molecule has 6 atom stereocenters. The van der Waals surface area contributed by atoms with Crippen molar-refractivity contribution in [3.05, 3.63) is 12.2 Å². The van der Waals surface area contributed by atoms with E-state index in [2.05, 4.69) is 75.9 Å². The van der Waals surface area contributed by atoms with Gasteiger partial charge in [-0.3, -0.25) is 0 Å². The third-order valence-electron chi connectivity index (χ3n) is 6.78. The van der Waals surface area contributed by atoms with Crippen LogP contribution in [0.25, 0.3) is 0 Å². The highest BCUT2D eigenvalue weighted by molar-refractivity contribution is 9.26. The average Bonchev–Trinajstić information content (AvgIpc) is 2.99. The molecule has 0 amide bonds. The fourth-order valence-corrected chi connectivity index (χ4v) is 8.73. The number of halogens is 4. The maximum Gasteiger partial charge on any atom is 0.0869 e. The van der Waals surface area contributed by atoms with Crippen LogP contribution in [0, 0.1) is 34.5 Å². The van der Waals surface area contributed by atoms with E-state index < -0.39 is 0 Å². The summed E-state index contributed by atoms with van der Waals surface area (Å²) >= 11 is 15.6. The Morgan fingerprint density at radius 3 is 1.11 bits per heavy atom. The zero-order valence-electron chi connectivity index (χ0n) is 9.80. The maximum atomic E-state index is 3.91. The third-order valence-corrected chi connectivity index (χ3v) is 11.5. The highest BCUT2D eigenvalue weighted by Gasteiger charge is 2.79. The largest absolute Gasteiger partial charge is 0.0869 e. The van der Waals surface area contributed by atoms with Gasteiger partial charge in [0.25, 0.3) is 0 Å². The quantitative estimate of drug-likeness (QED) is 0.300. The number of hydrogen-bond acceptors (Lipinski definition) is 0. The second-order valence-corrected chi connectivity index (χ2v) is 14.6. The number of fused-ring (bicyclic) bond motifs is 2. The lowest BCUT2D eigenvalue weighted by atomic mass is 9.44. The molecule has 4 heteroatoms. The van der Waals surface area contributed by atoms with Crippen LogP contribution < -0.4 is 0 Å². The van der Waals surface area contributed by atoms with Crippen molar-refractivity contribution in [2.75, 3.05) is 0 Å². The summed E-state index contributed by atoms with van der Waals surface area (Å²) in [4.78, 5) is 0. The topological polar surface area (TPSA) is 0 Å². The highest BCUT2D eigenvalue weighted by Crippen LogP contribution is 2.85. The molecule has 0 aromatic carbocycles. The fourth-order valence-electron chi connectivity index (χ4n) is 5.41. The van der Waals surface area contributed by atoms with Gasteiger partial charge in [0.1, 0.15) is 0 Å². The average molecular weight is 502 g/mol. The first-order chi connectivity index (χ1) is 8.33. The number of alkyl halides is 4. The Hall–Kier alpha value is 1.66. The molecular weight excluding hydrogens is 488 g/mol. The predicted octanol–water partition coefficient (Wildman–Crippen LogP) is 5.58. The minimum atomic E-state index is 0.271. The first-order valence-electron chi connectivity index (χ1n) is 6.79. The van der Waals surface area contributed by atoms with Gasteiger partial charge in [-0.05, 0) is 60.2 Å². The van der Waals surface area contributed by atoms with Crippen LogP contribution in [0.5, 0.6) is 0 Å². The summed E-state index contributed by atoms with van der Waals surface area (Å²) in [6.07, 6.45) is 10.7. The fraction of sp³-hybridized carbons (Fsp3) is 0.857. The van der Waals surface area contributed by atoms with E-state index >= 15 is 0 Å². The van der Waals surface area contributed by atoms with Crippen LogP contribution in [0.15, 0.2) is 12.2 Å². The van der Waals surface area contributed by atoms with Gasteiger partial charge in [-0.2, -0.15) is 0 Å². The molecule has 98 valence electrons. The molecule has 0 aromatic rings. The molecule has 0 bridgehead atoms. The summed E-state index contributed by atoms with van der Waals surface area (Å²) in [5.74, 6) is 3.41. The smallest absolute Gasteiger partial charge is 0.0808 e. The van der Waals surface area contributed by atoms with Gasteiger partial charge in [-0.1, -0.05) is 75.9 Å². The lowest BCUT2D eigenvalue weighted by Crippen LogP contribution is -2.51. The molecule has 0 saturated heterocycles. The molecule has 5 aliphatic rings.